The molecule has 0 radical (unpaired) electrons. The Hall–Kier alpha value is -0.990. The molecule has 0 N–H and O–H groups in total. The first kappa shape index (κ1) is 13.0. The summed E-state index contributed by atoms with van der Waals surface area (Å²) in [6.45, 7) is 8.47. The number of hydrogen-bond acceptors (Lipinski definition) is 3. The van der Waals surface area contributed by atoms with Crippen molar-refractivity contribution in [3.05, 3.63) is 12.3 Å². The van der Waals surface area contributed by atoms with Crippen LogP contribution in [0.15, 0.2) is 12.3 Å². The fourth-order valence-corrected chi connectivity index (χ4v) is 1.19. The van der Waals surface area contributed by atoms with Gasteiger partial charge in [-0.25, -0.2) is 4.79 Å². The molecule has 0 rings (SSSR count). The molecular formula is C11H21NO2. The largest absolute Gasteiger partial charge is 0.463 e. The van der Waals surface area contributed by atoms with Gasteiger partial charge in [-0.05, 0) is 19.8 Å². The number of nitrogens with zero attached hydrogens (tertiary/aromatic N) is 1. The third kappa shape index (κ3) is 6.52. The highest BCUT2D eigenvalue weighted by molar-refractivity contribution is 5.81. The minimum Gasteiger partial charge on any atom is -0.463 e. The number of ether oxygens (including phenoxy) is 1. The lowest BCUT2D eigenvalue weighted by atomic mass is 10.3. The van der Waals surface area contributed by atoms with Crippen LogP contribution in [0.1, 0.15) is 33.6 Å². The quantitative estimate of drug-likeness (QED) is 0.465. The van der Waals surface area contributed by atoms with Gasteiger partial charge in [0.15, 0.2) is 0 Å². The minimum atomic E-state index is -0.260. The molecule has 0 aliphatic rings. The zero-order chi connectivity index (χ0) is 10.8. The van der Waals surface area contributed by atoms with Crippen molar-refractivity contribution >= 4 is 5.97 Å². The summed E-state index contributed by atoms with van der Waals surface area (Å²) >= 11 is 0. The molecule has 0 aromatic heterocycles. The first-order chi connectivity index (χ1) is 6.74. The zero-order valence-corrected chi connectivity index (χ0v) is 9.45. The molecule has 82 valence electrons. The second-order valence-electron chi connectivity index (χ2n) is 3.10. The summed E-state index contributed by atoms with van der Waals surface area (Å²) in [6, 6.07) is 0. The summed E-state index contributed by atoms with van der Waals surface area (Å²) in [5.41, 5.74) is 0. The molecule has 0 atom stereocenters. The molecule has 3 nitrogen and oxygen atoms in total. The SMILES string of the molecule is CCCN(/C=C/C(=O)OCC)CCC. The average Bonchev–Trinajstić information content (AvgIpc) is 2.15. The van der Waals surface area contributed by atoms with Crippen molar-refractivity contribution < 1.29 is 9.53 Å². The van der Waals surface area contributed by atoms with E-state index in [2.05, 4.69) is 18.7 Å². The summed E-state index contributed by atoms with van der Waals surface area (Å²) in [7, 11) is 0. The Morgan fingerprint density at radius 3 is 2.21 bits per heavy atom. The maximum absolute atomic E-state index is 11.0. The van der Waals surface area contributed by atoms with Gasteiger partial charge in [0, 0.05) is 25.4 Å². The Morgan fingerprint density at radius 2 is 1.79 bits per heavy atom. The molecule has 3 heteroatoms. The van der Waals surface area contributed by atoms with Crippen molar-refractivity contribution in [2.75, 3.05) is 19.7 Å². The Morgan fingerprint density at radius 1 is 1.21 bits per heavy atom. The molecule has 0 aliphatic carbocycles. The van der Waals surface area contributed by atoms with E-state index >= 15 is 0 Å². The van der Waals surface area contributed by atoms with Gasteiger partial charge in [-0.15, -0.1) is 0 Å². The number of hydrogen-bond donors (Lipinski definition) is 0. The fourth-order valence-electron chi connectivity index (χ4n) is 1.19. The van der Waals surface area contributed by atoms with E-state index in [-0.39, 0.29) is 5.97 Å². The Labute approximate surface area is 86.7 Å². The summed E-state index contributed by atoms with van der Waals surface area (Å²) in [6.07, 6.45) is 5.50. The summed E-state index contributed by atoms with van der Waals surface area (Å²) in [5, 5.41) is 0. The molecular weight excluding hydrogens is 178 g/mol. The molecule has 0 spiro atoms. The topological polar surface area (TPSA) is 29.5 Å². The van der Waals surface area contributed by atoms with E-state index in [1.165, 1.54) is 6.08 Å². The van der Waals surface area contributed by atoms with Crippen LogP contribution in [0.2, 0.25) is 0 Å². The second kappa shape index (κ2) is 8.60. The molecule has 0 amide bonds. The smallest absolute Gasteiger partial charge is 0.332 e. The maximum atomic E-state index is 11.0. The summed E-state index contributed by atoms with van der Waals surface area (Å²) in [4.78, 5) is 13.2. The van der Waals surface area contributed by atoms with Gasteiger partial charge in [-0.3, -0.25) is 0 Å². The van der Waals surface area contributed by atoms with Gasteiger partial charge in [0.2, 0.25) is 0 Å². The third-order valence-electron chi connectivity index (χ3n) is 1.73. The molecule has 0 fully saturated rings. The Kier molecular flexibility index (Phi) is 7.99. The van der Waals surface area contributed by atoms with Crippen molar-refractivity contribution in [2.24, 2.45) is 0 Å². The van der Waals surface area contributed by atoms with Crippen molar-refractivity contribution in [3.8, 4) is 0 Å². The van der Waals surface area contributed by atoms with E-state index in [4.69, 9.17) is 4.74 Å². The number of carbonyl (C=O) groups excluding carboxylic acids is 1. The number of rotatable bonds is 7. The molecule has 0 aliphatic heterocycles. The van der Waals surface area contributed by atoms with Crippen LogP contribution in [0.25, 0.3) is 0 Å². The Balaban J connectivity index is 3.93. The van der Waals surface area contributed by atoms with Gasteiger partial charge in [-0.2, -0.15) is 0 Å². The van der Waals surface area contributed by atoms with Gasteiger partial charge in [-0.1, -0.05) is 13.8 Å². The van der Waals surface area contributed by atoms with E-state index in [0.29, 0.717) is 6.61 Å². The highest BCUT2D eigenvalue weighted by Crippen LogP contribution is 1.95. The van der Waals surface area contributed by atoms with E-state index in [1.54, 1.807) is 0 Å². The summed E-state index contributed by atoms with van der Waals surface area (Å²) in [5.74, 6) is -0.260. The lowest BCUT2D eigenvalue weighted by Crippen LogP contribution is -2.19. The monoisotopic (exact) mass is 199 g/mol. The van der Waals surface area contributed by atoms with Gasteiger partial charge < -0.3 is 9.64 Å². The van der Waals surface area contributed by atoms with Gasteiger partial charge in [0.25, 0.3) is 0 Å². The van der Waals surface area contributed by atoms with Crippen LogP contribution in [0.4, 0.5) is 0 Å². The second-order valence-corrected chi connectivity index (χ2v) is 3.10. The fraction of sp³-hybridized carbons (Fsp3) is 0.727. The predicted octanol–water partition coefficient (Wildman–Crippen LogP) is 2.19. The summed E-state index contributed by atoms with van der Waals surface area (Å²) < 4.78 is 4.80. The molecule has 0 aromatic rings. The molecule has 0 saturated heterocycles. The predicted molar refractivity (Wildman–Crippen MR) is 57.9 cm³/mol. The standard InChI is InChI=1S/C11H21NO2/c1-4-8-12(9-5-2)10-7-11(13)14-6-3/h7,10H,4-6,8-9H2,1-3H3/b10-7+. The van der Waals surface area contributed by atoms with Crippen LogP contribution in [0, 0.1) is 0 Å². The first-order valence-corrected chi connectivity index (χ1v) is 5.33. The van der Waals surface area contributed by atoms with Crippen LogP contribution in [0.3, 0.4) is 0 Å². The van der Waals surface area contributed by atoms with Crippen LogP contribution >= 0.6 is 0 Å². The molecule has 14 heavy (non-hydrogen) atoms. The van der Waals surface area contributed by atoms with E-state index in [0.717, 1.165) is 25.9 Å². The van der Waals surface area contributed by atoms with Crippen LogP contribution in [0.5, 0.6) is 0 Å². The first-order valence-electron chi connectivity index (χ1n) is 5.33. The molecule has 0 heterocycles. The molecule has 0 bridgehead atoms. The normalized spacial score (nSPS) is 10.5. The maximum Gasteiger partial charge on any atom is 0.332 e. The highest BCUT2D eigenvalue weighted by Gasteiger charge is 1.98. The van der Waals surface area contributed by atoms with Crippen LogP contribution < -0.4 is 0 Å². The lowest BCUT2D eigenvalue weighted by Gasteiger charge is -2.17. The van der Waals surface area contributed by atoms with Gasteiger partial charge >= 0.3 is 5.97 Å². The number of esters is 1. The van der Waals surface area contributed by atoms with Crippen molar-refractivity contribution in [2.45, 2.75) is 33.6 Å². The van der Waals surface area contributed by atoms with E-state index in [1.807, 2.05) is 13.1 Å². The molecule has 0 saturated carbocycles. The van der Waals surface area contributed by atoms with Crippen molar-refractivity contribution in [1.82, 2.24) is 4.90 Å². The van der Waals surface area contributed by atoms with E-state index < -0.39 is 0 Å². The highest BCUT2D eigenvalue weighted by atomic mass is 16.5. The average molecular weight is 199 g/mol. The van der Waals surface area contributed by atoms with Crippen LogP contribution in [-0.2, 0) is 9.53 Å². The van der Waals surface area contributed by atoms with Gasteiger partial charge in [0.05, 0.1) is 6.61 Å². The molecule has 0 aromatic carbocycles. The Bertz CT molecular complexity index is 172. The molecule has 0 unspecified atom stereocenters. The van der Waals surface area contributed by atoms with Gasteiger partial charge in [0.1, 0.15) is 0 Å². The van der Waals surface area contributed by atoms with Crippen molar-refractivity contribution in [1.29, 1.82) is 0 Å². The number of carbonyl (C=O) groups is 1. The third-order valence-corrected chi connectivity index (χ3v) is 1.73. The lowest BCUT2D eigenvalue weighted by molar-refractivity contribution is -0.137. The minimum absolute atomic E-state index is 0.260. The van der Waals surface area contributed by atoms with Crippen LogP contribution in [-0.4, -0.2) is 30.6 Å². The van der Waals surface area contributed by atoms with E-state index in [9.17, 15) is 4.79 Å². The van der Waals surface area contributed by atoms with Crippen molar-refractivity contribution in [3.63, 3.8) is 0 Å². The zero-order valence-electron chi connectivity index (χ0n) is 9.45.